The van der Waals surface area contributed by atoms with Crippen molar-refractivity contribution in [2.24, 2.45) is 5.41 Å². The minimum atomic E-state index is 0.371. The molecule has 0 spiro atoms. The van der Waals surface area contributed by atoms with Gasteiger partial charge in [0.15, 0.2) is 0 Å². The van der Waals surface area contributed by atoms with Gasteiger partial charge in [0.1, 0.15) is 0 Å². The topological polar surface area (TPSA) is 57.9 Å². The number of imidazole rings is 1. The first-order chi connectivity index (χ1) is 8.53. The molecule has 1 saturated heterocycles. The van der Waals surface area contributed by atoms with Gasteiger partial charge >= 0.3 is 0 Å². The van der Waals surface area contributed by atoms with E-state index in [1.54, 1.807) is 0 Å². The van der Waals surface area contributed by atoms with Gasteiger partial charge in [0.2, 0.25) is 5.95 Å². The lowest BCUT2D eigenvalue weighted by Crippen LogP contribution is -2.40. The number of rotatable bonds is 1. The molecular weight excluding hydrogens is 224 g/mol. The van der Waals surface area contributed by atoms with Gasteiger partial charge in [-0.05, 0) is 36.5 Å². The highest BCUT2D eigenvalue weighted by Gasteiger charge is 2.27. The lowest BCUT2D eigenvalue weighted by atomic mass is 9.84. The summed E-state index contributed by atoms with van der Waals surface area (Å²) in [6.07, 6.45) is 2.52. The van der Waals surface area contributed by atoms with Crippen LogP contribution in [-0.2, 0) is 0 Å². The Labute approximate surface area is 107 Å². The lowest BCUT2D eigenvalue weighted by Gasteiger charge is -2.37. The lowest BCUT2D eigenvalue weighted by molar-refractivity contribution is 0.291. The third-order valence-corrected chi connectivity index (χ3v) is 3.69. The van der Waals surface area contributed by atoms with Crippen molar-refractivity contribution in [3.8, 4) is 0 Å². The molecule has 1 aliphatic rings. The molecule has 0 aliphatic carbocycles. The molecule has 0 radical (unpaired) electrons. The standard InChI is InChI=1S/C14H20N4/c1-14(2)6-3-7-18(9-14)13-16-11-5-4-10(15)8-12(11)17-13/h4-5,8H,3,6-7,9,15H2,1-2H3,(H,16,17). The van der Waals surface area contributed by atoms with Gasteiger partial charge in [-0.1, -0.05) is 13.8 Å². The highest BCUT2D eigenvalue weighted by molar-refractivity contribution is 5.80. The minimum Gasteiger partial charge on any atom is -0.399 e. The summed E-state index contributed by atoms with van der Waals surface area (Å²) in [4.78, 5) is 10.4. The number of fused-ring (bicyclic) bond motifs is 1. The predicted octanol–water partition coefficient (Wildman–Crippen LogP) is 2.77. The molecule has 2 aromatic rings. The maximum Gasteiger partial charge on any atom is 0.203 e. The molecule has 1 aromatic heterocycles. The largest absolute Gasteiger partial charge is 0.399 e. The third-order valence-electron chi connectivity index (χ3n) is 3.69. The second-order valence-electron chi connectivity index (χ2n) is 6.03. The normalized spacial score (nSPS) is 19.3. The number of nitrogens with one attached hydrogen (secondary N) is 1. The zero-order chi connectivity index (χ0) is 12.8. The summed E-state index contributed by atoms with van der Waals surface area (Å²) in [5, 5.41) is 0. The molecule has 0 atom stereocenters. The number of benzene rings is 1. The van der Waals surface area contributed by atoms with E-state index in [0.717, 1.165) is 35.8 Å². The predicted molar refractivity (Wildman–Crippen MR) is 75.7 cm³/mol. The first-order valence-corrected chi connectivity index (χ1v) is 6.54. The van der Waals surface area contributed by atoms with E-state index in [0.29, 0.717) is 5.41 Å². The maximum absolute atomic E-state index is 5.79. The number of nitrogens with zero attached hydrogens (tertiary/aromatic N) is 2. The van der Waals surface area contributed by atoms with Gasteiger partial charge in [0.25, 0.3) is 0 Å². The van der Waals surface area contributed by atoms with Crippen molar-refractivity contribution >= 4 is 22.7 Å². The average molecular weight is 244 g/mol. The summed E-state index contributed by atoms with van der Waals surface area (Å²) in [6, 6.07) is 5.81. The number of anilines is 2. The highest BCUT2D eigenvalue weighted by Crippen LogP contribution is 2.31. The number of nitrogen functional groups attached to an aromatic ring is 1. The zero-order valence-corrected chi connectivity index (χ0v) is 11.0. The number of H-pyrrole nitrogens is 1. The van der Waals surface area contributed by atoms with Crippen LogP contribution >= 0.6 is 0 Å². The summed E-state index contributed by atoms with van der Waals surface area (Å²) < 4.78 is 0. The molecule has 3 N–H and O–H groups in total. The Hall–Kier alpha value is -1.71. The summed E-state index contributed by atoms with van der Waals surface area (Å²) in [6.45, 7) is 6.78. The van der Waals surface area contributed by atoms with Crippen LogP contribution < -0.4 is 10.6 Å². The molecule has 3 rings (SSSR count). The fourth-order valence-corrected chi connectivity index (χ4v) is 2.77. The molecule has 0 saturated carbocycles. The fraction of sp³-hybridized carbons (Fsp3) is 0.500. The van der Waals surface area contributed by atoms with Gasteiger partial charge in [-0.2, -0.15) is 0 Å². The van der Waals surface area contributed by atoms with Crippen molar-refractivity contribution in [3.05, 3.63) is 18.2 Å². The van der Waals surface area contributed by atoms with E-state index in [4.69, 9.17) is 5.73 Å². The van der Waals surface area contributed by atoms with E-state index in [9.17, 15) is 0 Å². The van der Waals surface area contributed by atoms with Crippen molar-refractivity contribution in [1.82, 2.24) is 9.97 Å². The van der Waals surface area contributed by atoms with Gasteiger partial charge in [0.05, 0.1) is 11.0 Å². The first kappa shape index (κ1) is 11.4. The number of aromatic nitrogens is 2. The Morgan fingerprint density at radius 1 is 1.39 bits per heavy atom. The Morgan fingerprint density at radius 2 is 2.22 bits per heavy atom. The quantitative estimate of drug-likeness (QED) is 0.758. The van der Waals surface area contributed by atoms with Crippen LogP contribution in [0.3, 0.4) is 0 Å². The second-order valence-corrected chi connectivity index (χ2v) is 6.03. The smallest absolute Gasteiger partial charge is 0.203 e. The molecule has 18 heavy (non-hydrogen) atoms. The minimum absolute atomic E-state index is 0.371. The first-order valence-electron chi connectivity index (χ1n) is 6.54. The summed E-state index contributed by atoms with van der Waals surface area (Å²) in [5.74, 6) is 0.975. The number of hydrogen-bond acceptors (Lipinski definition) is 3. The van der Waals surface area contributed by atoms with Gasteiger partial charge < -0.3 is 15.6 Å². The van der Waals surface area contributed by atoms with Crippen LogP contribution in [0.15, 0.2) is 18.2 Å². The summed E-state index contributed by atoms with van der Waals surface area (Å²) in [7, 11) is 0. The second kappa shape index (κ2) is 3.90. The van der Waals surface area contributed by atoms with Gasteiger partial charge in [-0.3, -0.25) is 0 Å². The number of piperidine rings is 1. The van der Waals surface area contributed by atoms with E-state index < -0.39 is 0 Å². The van der Waals surface area contributed by atoms with Crippen LogP contribution in [0, 0.1) is 5.41 Å². The van der Waals surface area contributed by atoms with Gasteiger partial charge in [0, 0.05) is 18.8 Å². The van der Waals surface area contributed by atoms with E-state index in [-0.39, 0.29) is 0 Å². The summed E-state index contributed by atoms with van der Waals surface area (Å²) in [5.41, 5.74) is 8.95. The molecule has 0 amide bonds. The van der Waals surface area contributed by atoms with Crippen molar-refractivity contribution in [2.75, 3.05) is 23.7 Å². The van der Waals surface area contributed by atoms with Crippen LogP contribution in [0.5, 0.6) is 0 Å². The fourth-order valence-electron chi connectivity index (χ4n) is 2.77. The van der Waals surface area contributed by atoms with E-state index in [1.807, 2.05) is 18.2 Å². The van der Waals surface area contributed by atoms with Gasteiger partial charge in [-0.25, -0.2) is 4.98 Å². The summed E-state index contributed by atoms with van der Waals surface area (Å²) >= 11 is 0. The monoisotopic (exact) mass is 244 g/mol. The van der Waals surface area contributed by atoms with E-state index >= 15 is 0 Å². The van der Waals surface area contributed by atoms with E-state index in [2.05, 4.69) is 28.7 Å². The van der Waals surface area contributed by atoms with E-state index in [1.165, 1.54) is 12.8 Å². The van der Waals surface area contributed by atoms with Crippen molar-refractivity contribution < 1.29 is 0 Å². The molecule has 0 unspecified atom stereocenters. The van der Waals surface area contributed by atoms with Crippen molar-refractivity contribution in [1.29, 1.82) is 0 Å². The molecule has 96 valence electrons. The molecule has 2 heterocycles. The van der Waals surface area contributed by atoms with Crippen LogP contribution in [0.1, 0.15) is 26.7 Å². The molecule has 0 bridgehead atoms. The third kappa shape index (κ3) is 2.03. The molecule has 1 aliphatic heterocycles. The number of nitrogens with two attached hydrogens (primary N) is 1. The van der Waals surface area contributed by atoms with Crippen molar-refractivity contribution in [3.63, 3.8) is 0 Å². The van der Waals surface area contributed by atoms with Gasteiger partial charge in [-0.15, -0.1) is 0 Å². The SMILES string of the molecule is CC1(C)CCCN(c2nc3ccc(N)cc3[nH]2)C1. The molecule has 4 nitrogen and oxygen atoms in total. The molecule has 4 heteroatoms. The van der Waals surface area contributed by atoms with Crippen LogP contribution in [-0.4, -0.2) is 23.1 Å². The zero-order valence-electron chi connectivity index (χ0n) is 11.0. The van der Waals surface area contributed by atoms with Crippen LogP contribution in [0.25, 0.3) is 11.0 Å². The van der Waals surface area contributed by atoms with Crippen LogP contribution in [0.4, 0.5) is 11.6 Å². The number of aromatic amines is 1. The average Bonchev–Trinajstić information content (AvgIpc) is 2.70. The molecular formula is C14H20N4. The van der Waals surface area contributed by atoms with Crippen molar-refractivity contribution in [2.45, 2.75) is 26.7 Å². The Balaban J connectivity index is 1.94. The Kier molecular flexibility index (Phi) is 2.47. The molecule has 1 aromatic carbocycles. The molecule has 1 fully saturated rings. The van der Waals surface area contributed by atoms with Crippen LogP contribution in [0.2, 0.25) is 0 Å². The Bertz CT molecular complexity index is 570. The highest BCUT2D eigenvalue weighted by atomic mass is 15.3. The maximum atomic E-state index is 5.79. The number of hydrogen-bond donors (Lipinski definition) is 2. The Morgan fingerprint density at radius 3 is 3.00 bits per heavy atom.